The van der Waals surface area contributed by atoms with Gasteiger partial charge in [-0.05, 0) is 37.4 Å². The number of aromatic amines is 1. The predicted molar refractivity (Wildman–Crippen MR) is 116 cm³/mol. The van der Waals surface area contributed by atoms with Gasteiger partial charge in [-0.2, -0.15) is 10.5 Å². The third-order valence-corrected chi connectivity index (χ3v) is 5.60. The van der Waals surface area contributed by atoms with Crippen molar-refractivity contribution in [1.29, 1.82) is 0 Å². The summed E-state index contributed by atoms with van der Waals surface area (Å²) >= 11 is 0. The van der Waals surface area contributed by atoms with Crippen LogP contribution >= 0.6 is 10.5 Å². The Morgan fingerprint density at radius 1 is 0.815 bits per heavy atom. The number of pyridine rings is 1. The zero-order valence-electron chi connectivity index (χ0n) is 15.4. The number of hydrogen-bond donors (Lipinski definition) is 1. The molecule has 4 rings (SSSR count). The Hall–Kier alpha value is -2.98. The van der Waals surface area contributed by atoms with E-state index in [-0.39, 0.29) is 10.5 Å². The summed E-state index contributed by atoms with van der Waals surface area (Å²) < 4.78 is 0. The van der Waals surface area contributed by atoms with Gasteiger partial charge in [0.25, 0.3) is 0 Å². The second kappa shape index (κ2) is 7.33. The summed E-state index contributed by atoms with van der Waals surface area (Å²) in [6.07, 6.45) is 5.74. The van der Waals surface area contributed by atoms with Crippen LogP contribution in [-0.4, -0.2) is 27.1 Å². The van der Waals surface area contributed by atoms with Crippen molar-refractivity contribution in [2.24, 2.45) is 0 Å². The quantitative estimate of drug-likeness (QED) is 0.460. The van der Waals surface area contributed by atoms with E-state index in [1.54, 1.807) is 12.4 Å². The minimum Gasteiger partial charge on any atom is -0.337 e. The van der Waals surface area contributed by atoms with E-state index in [0.717, 1.165) is 33.9 Å². The van der Waals surface area contributed by atoms with Crippen molar-refractivity contribution in [2.45, 2.75) is 11.8 Å². The fourth-order valence-corrected chi connectivity index (χ4v) is 3.60. The number of benzene rings is 2. The number of hydrogen-bond acceptors (Lipinski definition) is 2. The minimum atomic E-state index is 0.00796. The molecule has 2 aromatic carbocycles. The molecule has 0 amide bonds. The second-order valence-electron chi connectivity index (χ2n) is 6.57. The highest BCUT2D eigenvalue weighted by Gasteiger charge is 2.15. The van der Waals surface area contributed by atoms with Gasteiger partial charge in [0, 0.05) is 34.0 Å². The van der Waals surface area contributed by atoms with Crippen LogP contribution in [0, 0.1) is 6.92 Å². The molecule has 1 atom stereocenters. The van der Waals surface area contributed by atoms with Crippen LogP contribution in [0.5, 0.6) is 0 Å². The summed E-state index contributed by atoms with van der Waals surface area (Å²) in [5.41, 5.74) is 6.43. The highest BCUT2D eigenvalue weighted by Crippen LogP contribution is 2.33. The van der Waals surface area contributed by atoms with Crippen molar-refractivity contribution in [1.82, 2.24) is 15.0 Å². The van der Waals surface area contributed by atoms with Gasteiger partial charge in [0.1, 0.15) is 5.82 Å². The van der Waals surface area contributed by atoms with E-state index in [2.05, 4.69) is 77.5 Å². The number of H-pyrrole nitrogens is 1. The van der Waals surface area contributed by atoms with Crippen molar-refractivity contribution < 1.29 is 0 Å². The molecule has 4 heteroatoms. The van der Waals surface area contributed by atoms with Crippen LogP contribution in [-0.2, 0) is 0 Å². The standard InChI is InChI=1S/C23H21N3S/c1-16-4-6-17(7-5-16)21-22(18-12-14-24-15-13-18)26-23(25-21)19-8-10-20(11-9-19)27(2)3/h4-15H,2H2,1,3H3,(H,25,26). The molecule has 0 radical (unpaired) electrons. The highest BCUT2D eigenvalue weighted by atomic mass is 32.2. The van der Waals surface area contributed by atoms with Crippen LogP contribution in [0.25, 0.3) is 33.9 Å². The molecule has 2 aromatic heterocycles. The van der Waals surface area contributed by atoms with Crippen molar-refractivity contribution in [3.05, 3.63) is 78.6 Å². The van der Waals surface area contributed by atoms with Gasteiger partial charge in [-0.3, -0.25) is 4.98 Å². The number of rotatable bonds is 4. The normalized spacial score (nSPS) is 12.1. The minimum absolute atomic E-state index is 0.00796. The number of imidazole rings is 1. The zero-order chi connectivity index (χ0) is 18.8. The fourth-order valence-electron chi connectivity index (χ4n) is 3.00. The first kappa shape index (κ1) is 17.4. The maximum absolute atomic E-state index is 4.94. The molecule has 0 spiro atoms. The van der Waals surface area contributed by atoms with Gasteiger partial charge in [-0.1, -0.05) is 47.8 Å². The van der Waals surface area contributed by atoms with Crippen LogP contribution < -0.4 is 0 Å². The SMILES string of the molecule is C=S(C)c1ccc(-c2nc(-c3ccc(C)cc3)c(-c3ccncc3)[nH]2)cc1. The predicted octanol–water partition coefficient (Wildman–Crippen LogP) is 5.80. The Kier molecular flexibility index (Phi) is 4.73. The first-order chi connectivity index (χ1) is 13.1. The van der Waals surface area contributed by atoms with Crippen LogP contribution in [0.1, 0.15) is 5.56 Å². The summed E-state index contributed by atoms with van der Waals surface area (Å²) in [6, 6.07) is 21.0. The van der Waals surface area contributed by atoms with Gasteiger partial charge < -0.3 is 4.98 Å². The Morgan fingerprint density at radius 2 is 1.44 bits per heavy atom. The monoisotopic (exact) mass is 371 g/mol. The number of nitrogens with zero attached hydrogens (tertiary/aromatic N) is 2. The molecule has 0 aliphatic carbocycles. The fraction of sp³-hybridized carbons (Fsp3) is 0.0870. The van der Waals surface area contributed by atoms with E-state index in [1.165, 1.54) is 10.5 Å². The topological polar surface area (TPSA) is 41.6 Å². The molecular formula is C23H21N3S. The molecule has 0 aliphatic heterocycles. The zero-order valence-corrected chi connectivity index (χ0v) is 16.3. The molecule has 0 saturated heterocycles. The molecule has 27 heavy (non-hydrogen) atoms. The van der Waals surface area contributed by atoms with Gasteiger partial charge in [-0.15, -0.1) is 0 Å². The van der Waals surface area contributed by atoms with Gasteiger partial charge in [0.15, 0.2) is 0 Å². The Bertz CT molecular complexity index is 1080. The average molecular weight is 372 g/mol. The largest absolute Gasteiger partial charge is 0.337 e. The van der Waals surface area contributed by atoms with Crippen LogP contribution in [0.4, 0.5) is 0 Å². The third kappa shape index (κ3) is 3.62. The third-order valence-electron chi connectivity index (χ3n) is 4.53. The van der Waals surface area contributed by atoms with E-state index in [0.29, 0.717) is 0 Å². The van der Waals surface area contributed by atoms with Crippen molar-refractivity contribution in [3.8, 4) is 33.9 Å². The van der Waals surface area contributed by atoms with Crippen molar-refractivity contribution in [2.75, 3.05) is 6.26 Å². The molecule has 4 aromatic rings. The van der Waals surface area contributed by atoms with Crippen molar-refractivity contribution >= 4 is 16.4 Å². The summed E-state index contributed by atoms with van der Waals surface area (Å²) in [5.74, 6) is 4.98. The molecule has 0 saturated carbocycles. The van der Waals surface area contributed by atoms with Crippen LogP contribution in [0.3, 0.4) is 0 Å². The maximum Gasteiger partial charge on any atom is 0.138 e. The van der Waals surface area contributed by atoms with Crippen LogP contribution in [0.15, 0.2) is 78.0 Å². The lowest BCUT2D eigenvalue weighted by molar-refractivity contribution is 1.29. The van der Waals surface area contributed by atoms with E-state index in [9.17, 15) is 0 Å². The number of nitrogens with one attached hydrogen (secondary N) is 1. The molecule has 134 valence electrons. The molecule has 2 heterocycles. The summed E-state index contributed by atoms with van der Waals surface area (Å²) in [5, 5.41) is 0. The summed E-state index contributed by atoms with van der Waals surface area (Å²) in [6.45, 7) is 2.09. The lowest BCUT2D eigenvalue weighted by Gasteiger charge is -2.03. The Balaban J connectivity index is 1.84. The smallest absolute Gasteiger partial charge is 0.138 e. The lowest BCUT2D eigenvalue weighted by atomic mass is 10.0. The van der Waals surface area contributed by atoms with Gasteiger partial charge in [0.05, 0.1) is 11.4 Å². The molecular weight excluding hydrogens is 350 g/mol. The molecule has 0 bridgehead atoms. The molecule has 3 nitrogen and oxygen atoms in total. The van der Waals surface area contributed by atoms with Crippen LogP contribution in [0.2, 0.25) is 0 Å². The second-order valence-corrected chi connectivity index (χ2v) is 8.32. The van der Waals surface area contributed by atoms with E-state index < -0.39 is 0 Å². The lowest BCUT2D eigenvalue weighted by Crippen LogP contribution is -1.84. The first-order valence-electron chi connectivity index (χ1n) is 8.75. The summed E-state index contributed by atoms with van der Waals surface area (Å²) in [4.78, 5) is 13.9. The Morgan fingerprint density at radius 3 is 2.07 bits per heavy atom. The Labute approximate surface area is 162 Å². The molecule has 1 unspecified atom stereocenters. The molecule has 0 fully saturated rings. The number of aryl methyl sites for hydroxylation is 1. The van der Waals surface area contributed by atoms with Gasteiger partial charge in [-0.25, -0.2) is 4.98 Å². The number of aromatic nitrogens is 3. The first-order valence-corrected chi connectivity index (χ1v) is 10.6. The van der Waals surface area contributed by atoms with E-state index in [4.69, 9.17) is 4.98 Å². The van der Waals surface area contributed by atoms with Gasteiger partial charge in [0.2, 0.25) is 0 Å². The highest BCUT2D eigenvalue weighted by molar-refractivity contribution is 8.13. The van der Waals surface area contributed by atoms with Crippen molar-refractivity contribution in [3.63, 3.8) is 0 Å². The van der Waals surface area contributed by atoms with E-state index >= 15 is 0 Å². The van der Waals surface area contributed by atoms with Gasteiger partial charge >= 0.3 is 0 Å². The average Bonchev–Trinajstić information content (AvgIpc) is 3.15. The van der Waals surface area contributed by atoms with E-state index in [1.807, 2.05) is 12.1 Å². The maximum atomic E-state index is 4.94. The molecule has 1 N–H and O–H groups in total. The summed E-state index contributed by atoms with van der Waals surface area (Å²) in [7, 11) is 0.00796. The molecule has 0 aliphatic rings.